The van der Waals surface area contributed by atoms with E-state index in [1.54, 1.807) is 0 Å². The third-order valence-corrected chi connectivity index (χ3v) is 3.36. The highest BCUT2D eigenvalue weighted by Gasteiger charge is 2.42. The van der Waals surface area contributed by atoms with Crippen LogP contribution in [0.4, 0.5) is 27.6 Å². The average Bonchev–Trinajstić information content (AvgIpc) is 2.73. The van der Waals surface area contributed by atoms with E-state index in [0.717, 1.165) is 0 Å². The Hall–Kier alpha value is -2.77. The van der Waals surface area contributed by atoms with Gasteiger partial charge in [-0.15, -0.1) is 0 Å². The van der Waals surface area contributed by atoms with Crippen molar-refractivity contribution in [1.29, 1.82) is 0 Å². The zero-order chi connectivity index (χ0) is 16.9. The fraction of sp³-hybridized carbons (Fsp3) is 0.0667. The van der Waals surface area contributed by atoms with Gasteiger partial charge in [0.05, 0.1) is 22.4 Å². The number of halogens is 5. The summed E-state index contributed by atoms with van der Waals surface area (Å²) in [5, 5.41) is 0. The number of nitrogens with zero attached hydrogens (tertiary/aromatic N) is 1. The molecule has 3 nitrogen and oxygen atoms in total. The molecule has 2 aromatic rings. The maximum atomic E-state index is 14.1. The van der Waals surface area contributed by atoms with Crippen molar-refractivity contribution in [2.75, 3.05) is 4.90 Å². The number of carbonyl (C=O) groups excluding carboxylic acids is 2. The highest BCUT2D eigenvalue weighted by molar-refractivity contribution is 6.34. The van der Waals surface area contributed by atoms with E-state index >= 15 is 0 Å². The number of carbonyl (C=O) groups is 2. The molecule has 0 radical (unpaired) electrons. The minimum Gasteiger partial charge on any atom is -0.268 e. The SMILES string of the molecule is O=C1c2ccccc2C(=O)N1c1cc(F)cc(C(F)(F)F)c1F. The third kappa shape index (κ3) is 2.26. The van der Waals surface area contributed by atoms with Gasteiger partial charge in [-0.2, -0.15) is 13.2 Å². The van der Waals surface area contributed by atoms with Gasteiger partial charge in [0.25, 0.3) is 11.8 Å². The maximum absolute atomic E-state index is 14.1. The molecule has 0 atom stereocenters. The molecular formula is C15H6F5NO2. The molecule has 0 saturated carbocycles. The molecule has 1 aliphatic rings. The largest absolute Gasteiger partial charge is 0.419 e. The van der Waals surface area contributed by atoms with Crippen LogP contribution in [0.15, 0.2) is 36.4 Å². The van der Waals surface area contributed by atoms with Crippen LogP contribution in [0.3, 0.4) is 0 Å². The Morgan fingerprint density at radius 3 is 1.87 bits per heavy atom. The number of amides is 2. The second-order valence-electron chi connectivity index (χ2n) is 4.78. The molecule has 0 aromatic heterocycles. The molecule has 8 heteroatoms. The Morgan fingerprint density at radius 1 is 0.870 bits per heavy atom. The second-order valence-corrected chi connectivity index (χ2v) is 4.78. The lowest BCUT2D eigenvalue weighted by molar-refractivity contribution is -0.140. The number of imide groups is 1. The van der Waals surface area contributed by atoms with Crippen LogP contribution in [0.25, 0.3) is 0 Å². The van der Waals surface area contributed by atoms with E-state index in [9.17, 15) is 31.5 Å². The molecule has 0 spiro atoms. The quantitative estimate of drug-likeness (QED) is 0.590. The van der Waals surface area contributed by atoms with E-state index in [1.165, 1.54) is 24.3 Å². The molecule has 0 saturated heterocycles. The number of benzene rings is 2. The molecule has 1 aliphatic heterocycles. The Balaban J connectivity index is 2.20. The first-order valence-corrected chi connectivity index (χ1v) is 6.26. The molecule has 0 aliphatic carbocycles. The van der Waals surface area contributed by atoms with Crippen molar-refractivity contribution in [3.63, 3.8) is 0 Å². The highest BCUT2D eigenvalue weighted by atomic mass is 19.4. The van der Waals surface area contributed by atoms with Gasteiger partial charge in [0, 0.05) is 6.07 Å². The van der Waals surface area contributed by atoms with E-state index in [-0.39, 0.29) is 22.1 Å². The van der Waals surface area contributed by atoms with E-state index in [4.69, 9.17) is 0 Å². The summed E-state index contributed by atoms with van der Waals surface area (Å²) in [5.74, 6) is -5.31. The zero-order valence-corrected chi connectivity index (χ0v) is 11.1. The van der Waals surface area contributed by atoms with Gasteiger partial charge in [-0.25, -0.2) is 13.7 Å². The molecule has 0 fully saturated rings. The number of anilines is 1. The van der Waals surface area contributed by atoms with Crippen molar-refractivity contribution in [1.82, 2.24) is 0 Å². The highest BCUT2D eigenvalue weighted by Crippen LogP contribution is 2.38. The summed E-state index contributed by atoms with van der Waals surface area (Å²) in [6, 6.07) is 5.78. The van der Waals surface area contributed by atoms with Gasteiger partial charge in [-0.1, -0.05) is 12.1 Å². The van der Waals surface area contributed by atoms with Crippen LogP contribution in [0.2, 0.25) is 0 Å². The maximum Gasteiger partial charge on any atom is 0.419 e. The number of hydrogen-bond acceptors (Lipinski definition) is 2. The summed E-state index contributed by atoms with van der Waals surface area (Å²) >= 11 is 0. The molecule has 3 rings (SSSR count). The minimum atomic E-state index is -5.17. The second kappa shape index (κ2) is 4.87. The molecule has 0 unspecified atom stereocenters. The summed E-state index contributed by atoms with van der Waals surface area (Å²) in [4.78, 5) is 24.5. The smallest absolute Gasteiger partial charge is 0.268 e. The van der Waals surface area contributed by atoms with Crippen LogP contribution >= 0.6 is 0 Å². The van der Waals surface area contributed by atoms with Crippen LogP contribution in [-0.2, 0) is 6.18 Å². The first-order valence-electron chi connectivity index (χ1n) is 6.26. The fourth-order valence-corrected chi connectivity index (χ4v) is 2.35. The van der Waals surface area contributed by atoms with E-state index in [0.29, 0.717) is 6.07 Å². The normalized spacial score (nSPS) is 14.4. The Kier molecular flexibility index (Phi) is 3.20. The summed E-state index contributed by atoms with van der Waals surface area (Å²) in [5.41, 5.74) is -3.13. The van der Waals surface area contributed by atoms with Crippen molar-refractivity contribution in [2.45, 2.75) is 6.18 Å². The monoisotopic (exact) mass is 327 g/mol. The average molecular weight is 327 g/mol. The summed E-state index contributed by atoms with van der Waals surface area (Å²) in [7, 11) is 0. The number of hydrogen-bond donors (Lipinski definition) is 0. The molecule has 118 valence electrons. The van der Waals surface area contributed by atoms with Gasteiger partial charge < -0.3 is 0 Å². The topological polar surface area (TPSA) is 37.4 Å². The number of rotatable bonds is 1. The van der Waals surface area contributed by atoms with Crippen molar-refractivity contribution in [3.8, 4) is 0 Å². The van der Waals surface area contributed by atoms with Gasteiger partial charge in [0.1, 0.15) is 5.82 Å². The number of fused-ring (bicyclic) bond motifs is 1. The summed E-state index contributed by atoms with van der Waals surface area (Å²) in [6.07, 6.45) is -5.17. The minimum absolute atomic E-state index is 0.0308. The van der Waals surface area contributed by atoms with Gasteiger partial charge >= 0.3 is 6.18 Å². The van der Waals surface area contributed by atoms with Crippen molar-refractivity contribution < 1.29 is 31.5 Å². The molecule has 2 aromatic carbocycles. The van der Waals surface area contributed by atoms with Crippen LogP contribution in [0.1, 0.15) is 26.3 Å². The summed E-state index contributed by atoms with van der Waals surface area (Å²) in [6.45, 7) is 0. The Morgan fingerprint density at radius 2 is 1.39 bits per heavy atom. The van der Waals surface area contributed by atoms with Crippen LogP contribution < -0.4 is 4.90 Å². The summed E-state index contributed by atoms with van der Waals surface area (Å²) < 4.78 is 65.9. The standard InChI is InChI=1S/C15H6F5NO2/c16-7-5-10(15(18,19)20)12(17)11(6-7)21-13(22)8-3-1-2-4-9(8)14(21)23/h1-6H. The Bertz CT molecular complexity index is 809. The zero-order valence-electron chi connectivity index (χ0n) is 11.1. The first kappa shape index (κ1) is 15.1. The molecular weight excluding hydrogens is 321 g/mol. The lowest BCUT2D eigenvalue weighted by Crippen LogP contribution is -2.31. The lowest BCUT2D eigenvalue weighted by atomic mass is 10.1. The number of alkyl halides is 3. The van der Waals surface area contributed by atoms with Crippen LogP contribution in [0.5, 0.6) is 0 Å². The van der Waals surface area contributed by atoms with Gasteiger partial charge in [0.15, 0.2) is 5.82 Å². The molecule has 23 heavy (non-hydrogen) atoms. The molecule has 1 heterocycles. The van der Waals surface area contributed by atoms with Crippen LogP contribution in [-0.4, -0.2) is 11.8 Å². The van der Waals surface area contributed by atoms with Crippen molar-refractivity contribution >= 4 is 17.5 Å². The van der Waals surface area contributed by atoms with Gasteiger partial charge in [-0.3, -0.25) is 9.59 Å². The van der Waals surface area contributed by atoms with E-state index in [1.807, 2.05) is 0 Å². The van der Waals surface area contributed by atoms with Gasteiger partial charge in [-0.05, 0) is 18.2 Å². The molecule has 0 N–H and O–H groups in total. The van der Waals surface area contributed by atoms with Crippen LogP contribution in [0, 0.1) is 11.6 Å². The predicted octanol–water partition coefficient (Wildman–Crippen LogP) is 3.78. The fourth-order valence-electron chi connectivity index (χ4n) is 2.35. The predicted molar refractivity (Wildman–Crippen MR) is 68.9 cm³/mol. The molecule has 0 bridgehead atoms. The lowest BCUT2D eigenvalue weighted by Gasteiger charge is -2.18. The van der Waals surface area contributed by atoms with Crippen molar-refractivity contribution in [2.24, 2.45) is 0 Å². The third-order valence-electron chi connectivity index (χ3n) is 3.36. The Labute approximate surface area is 125 Å². The molecule has 2 amide bonds. The van der Waals surface area contributed by atoms with E-state index < -0.39 is 40.9 Å². The van der Waals surface area contributed by atoms with Gasteiger partial charge in [0.2, 0.25) is 0 Å². The first-order chi connectivity index (χ1) is 10.7. The van der Waals surface area contributed by atoms with Crippen molar-refractivity contribution in [3.05, 3.63) is 64.7 Å². The van der Waals surface area contributed by atoms with E-state index in [2.05, 4.69) is 0 Å².